The van der Waals surface area contributed by atoms with Gasteiger partial charge in [0.15, 0.2) is 0 Å². The lowest BCUT2D eigenvalue weighted by atomic mass is 10.0. The number of hydrogen-bond donors (Lipinski definition) is 1. The summed E-state index contributed by atoms with van der Waals surface area (Å²) in [6.45, 7) is 4.94. The molecule has 1 aromatic heterocycles. The van der Waals surface area contributed by atoms with Crippen LogP contribution >= 0.6 is 22.9 Å². The SMILES string of the molecule is COc1c(C(=O)NCCN2CCCCC2C)sc2cc(Cl)ccc12. The topological polar surface area (TPSA) is 41.6 Å². The quantitative estimate of drug-likeness (QED) is 0.863. The molecule has 0 bridgehead atoms. The number of methoxy groups -OCH3 is 1. The molecule has 1 fully saturated rings. The van der Waals surface area contributed by atoms with Crippen LogP contribution in [0.25, 0.3) is 10.1 Å². The Morgan fingerprint density at radius 1 is 1.46 bits per heavy atom. The molecule has 0 saturated carbocycles. The number of thiophene rings is 1. The number of piperidine rings is 1. The zero-order chi connectivity index (χ0) is 17.1. The highest BCUT2D eigenvalue weighted by Gasteiger charge is 2.21. The van der Waals surface area contributed by atoms with Gasteiger partial charge in [-0.05, 0) is 44.5 Å². The second-order valence-corrected chi connectivity index (χ2v) is 7.73. The van der Waals surface area contributed by atoms with E-state index in [9.17, 15) is 4.79 Å². The standard InChI is InChI=1S/C18H23ClN2O2S/c1-12-5-3-4-9-21(12)10-8-20-18(22)17-16(23-2)14-7-6-13(19)11-15(14)24-17/h6-7,11-12H,3-5,8-10H2,1-2H3,(H,20,22). The molecule has 6 heteroatoms. The number of nitrogens with zero attached hydrogens (tertiary/aromatic N) is 1. The van der Waals surface area contributed by atoms with Crippen LogP contribution in [0.3, 0.4) is 0 Å². The van der Waals surface area contributed by atoms with Crippen molar-refractivity contribution in [2.45, 2.75) is 32.2 Å². The third kappa shape index (κ3) is 3.68. The first kappa shape index (κ1) is 17.5. The number of fused-ring (bicyclic) bond motifs is 1. The van der Waals surface area contributed by atoms with E-state index in [1.807, 2.05) is 18.2 Å². The Morgan fingerprint density at radius 3 is 3.04 bits per heavy atom. The van der Waals surface area contributed by atoms with E-state index in [-0.39, 0.29) is 5.91 Å². The number of nitrogens with one attached hydrogen (secondary N) is 1. The van der Waals surface area contributed by atoms with Gasteiger partial charge in [0.2, 0.25) is 0 Å². The molecule has 24 heavy (non-hydrogen) atoms. The van der Waals surface area contributed by atoms with Crippen molar-refractivity contribution in [1.29, 1.82) is 0 Å². The fourth-order valence-electron chi connectivity index (χ4n) is 3.28. The molecule has 0 aliphatic carbocycles. The molecule has 2 aromatic rings. The van der Waals surface area contributed by atoms with Crippen LogP contribution in [-0.2, 0) is 0 Å². The third-order valence-electron chi connectivity index (χ3n) is 4.64. The molecule has 1 aliphatic rings. The largest absolute Gasteiger partial charge is 0.494 e. The predicted octanol–water partition coefficient (Wildman–Crippen LogP) is 4.17. The molecule has 1 N–H and O–H groups in total. The van der Waals surface area contributed by atoms with Gasteiger partial charge in [-0.15, -0.1) is 11.3 Å². The molecular formula is C18H23ClN2O2S. The number of ether oxygens (including phenoxy) is 1. The van der Waals surface area contributed by atoms with E-state index >= 15 is 0 Å². The van der Waals surface area contributed by atoms with E-state index < -0.39 is 0 Å². The molecule has 1 amide bonds. The lowest BCUT2D eigenvalue weighted by molar-refractivity contribution is 0.0940. The van der Waals surface area contributed by atoms with E-state index in [2.05, 4.69) is 17.1 Å². The van der Waals surface area contributed by atoms with Gasteiger partial charge in [-0.2, -0.15) is 0 Å². The maximum absolute atomic E-state index is 12.6. The van der Waals surface area contributed by atoms with E-state index in [1.54, 1.807) is 7.11 Å². The molecule has 4 nitrogen and oxygen atoms in total. The highest BCUT2D eigenvalue weighted by Crippen LogP contribution is 2.38. The first-order valence-electron chi connectivity index (χ1n) is 8.38. The van der Waals surface area contributed by atoms with E-state index in [4.69, 9.17) is 16.3 Å². The van der Waals surface area contributed by atoms with Crippen molar-refractivity contribution in [1.82, 2.24) is 10.2 Å². The fraction of sp³-hybridized carbons (Fsp3) is 0.500. The summed E-state index contributed by atoms with van der Waals surface area (Å²) in [7, 11) is 1.60. The number of rotatable bonds is 5. The number of amides is 1. The van der Waals surface area contributed by atoms with Crippen molar-refractivity contribution in [3.8, 4) is 5.75 Å². The second-order valence-electron chi connectivity index (χ2n) is 6.24. The molecule has 3 rings (SSSR count). The Hall–Kier alpha value is -1.30. The van der Waals surface area contributed by atoms with Gasteiger partial charge in [0.25, 0.3) is 5.91 Å². The van der Waals surface area contributed by atoms with Crippen LogP contribution < -0.4 is 10.1 Å². The van der Waals surface area contributed by atoms with Crippen LogP contribution in [0.2, 0.25) is 5.02 Å². The molecule has 130 valence electrons. The number of carbonyl (C=O) groups is 1. The zero-order valence-electron chi connectivity index (χ0n) is 14.1. The molecule has 0 spiro atoms. The summed E-state index contributed by atoms with van der Waals surface area (Å²) in [5.74, 6) is 0.560. The van der Waals surface area contributed by atoms with E-state index in [1.165, 1.54) is 30.6 Å². The maximum atomic E-state index is 12.6. The number of likely N-dealkylation sites (tertiary alicyclic amines) is 1. The van der Waals surface area contributed by atoms with Crippen LogP contribution in [0.5, 0.6) is 5.75 Å². The highest BCUT2D eigenvalue weighted by molar-refractivity contribution is 7.21. The van der Waals surface area contributed by atoms with Crippen LogP contribution in [0.15, 0.2) is 18.2 Å². The van der Waals surface area contributed by atoms with Gasteiger partial charge < -0.3 is 10.1 Å². The van der Waals surface area contributed by atoms with Crippen LogP contribution in [-0.4, -0.2) is 43.6 Å². The minimum absolute atomic E-state index is 0.0752. The van der Waals surface area contributed by atoms with Crippen molar-refractivity contribution in [2.24, 2.45) is 0 Å². The summed E-state index contributed by atoms with van der Waals surface area (Å²) < 4.78 is 6.44. The smallest absolute Gasteiger partial charge is 0.265 e. The molecule has 1 aliphatic heterocycles. The second kappa shape index (κ2) is 7.72. The summed E-state index contributed by atoms with van der Waals surface area (Å²) in [6.07, 6.45) is 3.81. The average Bonchev–Trinajstić information content (AvgIpc) is 2.94. The Bertz CT molecular complexity index is 731. The number of benzene rings is 1. The van der Waals surface area contributed by atoms with Crippen LogP contribution in [0.4, 0.5) is 0 Å². The average molecular weight is 367 g/mol. The Kier molecular flexibility index (Phi) is 5.64. The summed E-state index contributed by atoms with van der Waals surface area (Å²) in [6, 6.07) is 6.20. The third-order valence-corrected chi connectivity index (χ3v) is 6.01. The van der Waals surface area contributed by atoms with Gasteiger partial charge in [0.1, 0.15) is 10.6 Å². The molecule has 1 saturated heterocycles. The van der Waals surface area contributed by atoms with Crippen molar-refractivity contribution in [2.75, 3.05) is 26.7 Å². The molecule has 1 unspecified atom stereocenters. The lowest BCUT2D eigenvalue weighted by Gasteiger charge is -2.33. The Labute approximate surface area is 151 Å². The minimum atomic E-state index is -0.0752. The van der Waals surface area contributed by atoms with Gasteiger partial charge in [-0.3, -0.25) is 9.69 Å². The molecule has 1 atom stereocenters. The van der Waals surface area contributed by atoms with Crippen LogP contribution in [0.1, 0.15) is 35.9 Å². The fourth-order valence-corrected chi connectivity index (χ4v) is 4.65. The van der Waals surface area contributed by atoms with Crippen molar-refractivity contribution >= 4 is 38.9 Å². The summed E-state index contributed by atoms with van der Waals surface area (Å²) in [5, 5.41) is 4.63. The monoisotopic (exact) mass is 366 g/mol. The van der Waals surface area contributed by atoms with Gasteiger partial charge >= 0.3 is 0 Å². The Balaban J connectivity index is 1.67. The molecule has 1 aromatic carbocycles. The molecule has 0 radical (unpaired) electrons. The van der Waals surface area contributed by atoms with Gasteiger partial charge in [0, 0.05) is 34.2 Å². The first-order valence-corrected chi connectivity index (χ1v) is 9.58. The predicted molar refractivity (Wildman–Crippen MR) is 101 cm³/mol. The number of hydrogen-bond acceptors (Lipinski definition) is 4. The number of carbonyl (C=O) groups excluding carboxylic acids is 1. The zero-order valence-corrected chi connectivity index (χ0v) is 15.7. The Morgan fingerprint density at radius 2 is 2.29 bits per heavy atom. The summed E-state index contributed by atoms with van der Waals surface area (Å²) in [5.41, 5.74) is 0. The van der Waals surface area contributed by atoms with Crippen molar-refractivity contribution < 1.29 is 9.53 Å². The van der Waals surface area contributed by atoms with Gasteiger partial charge in [-0.1, -0.05) is 18.0 Å². The van der Waals surface area contributed by atoms with Crippen LogP contribution in [0, 0.1) is 0 Å². The van der Waals surface area contributed by atoms with Crippen molar-refractivity contribution in [3.63, 3.8) is 0 Å². The van der Waals surface area contributed by atoms with E-state index in [0.29, 0.717) is 28.2 Å². The first-order chi connectivity index (χ1) is 11.6. The summed E-state index contributed by atoms with van der Waals surface area (Å²) in [4.78, 5) is 15.6. The van der Waals surface area contributed by atoms with Gasteiger partial charge in [-0.25, -0.2) is 0 Å². The minimum Gasteiger partial charge on any atom is -0.494 e. The number of halogens is 1. The van der Waals surface area contributed by atoms with E-state index in [0.717, 1.165) is 23.2 Å². The maximum Gasteiger partial charge on any atom is 0.265 e. The van der Waals surface area contributed by atoms with Crippen molar-refractivity contribution in [3.05, 3.63) is 28.1 Å². The normalized spacial score (nSPS) is 18.7. The highest BCUT2D eigenvalue weighted by atomic mass is 35.5. The van der Waals surface area contributed by atoms with Gasteiger partial charge in [0.05, 0.1) is 7.11 Å². The molecule has 2 heterocycles. The summed E-state index contributed by atoms with van der Waals surface area (Å²) >= 11 is 7.47. The molecular weight excluding hydrogens is 344 g/mol. The lowest BCUT2D eigenvalue weighted by Crippen LogP contribution is -2.42.